The molecule has 0 radical (unpaired) electrons. The molecular formula is C16H30IN3O. The van der Waals surface area contributed by atoms with E-state index < -0.39 is 0 Å². The molecule has 5 heteroatoms. The van der Waals surface area contributed by atoms with Gasteiger partial charge >= 0.3 is 0 Å². The lowest BCUT2D eigenvalue weighted by atomic mass is 9.55. The van der Waals surface area contributed by atoms with Gasteiger partial charge in [-0.2, -0.15) is 0 Å². The molecule has 3 aliphatic rings. The highest BCUT2D eigenvalue weighted by molar-refractivity contribution is 14.0. The van der Waals surface area contributed by atoms with E-state index in [0.29, 0.717) is 23.6 Å². The first-order valence-electron chi connectivity index (χ1n) is 8.35. The molecule has 3 saturated carbocycles. The smallest absolute Gasteiger partial charge is 0.191 e. The maximum absolute atomic E-state index is 6.21. The van der Waals surface area contributed by atoms with Crippen LogP contribution in [0, 0.1) is 5.41 Å². The second-order valence-electron chi connectivity index (χ2n) is 6.82. The fourth-order valence-electron chi connectivity index (χ4n) is 4.11. The van der Waals surface area contributed by atoms with Crippen LogP contribution in [0.15, 0.2) is 4.99 Å². The molecule has 3 fully saturated rings. The van der Waals surface area contributed by atoms with Gasteiger partial charge in [0, 0.05) is 25.1 Å². The van der Waals surface area contributed by atoms with Gasteiger partial charge in [0.05, 0.1) is 12.1 Å². The Morgan fingerprint density at radius 2 is 1.95 bits per heavy atom. The Hall–Kier alpha value is -0.0400. The SMILES string of the molecule is CCOC1CC(N=C(N)N(C)C2CC2)C12CCCCC2.I. The van der Waals surface area contributed by atoms with Gasteiger partial charge in [0.1, 0.15) is 0 Å². The molecule has 0 aromatic heterocycles. The maximum atomic E-state index is 6.21. The predicted molar refractivity (Wildman–Crippen MR) is 97.2 cm³/mol. The van der Waals surface area contributed by atoms with Gasteiger partial charge in [-0.1, -0.05) is 19.3 Å². The molecule has 1 spiro atoms. The van der Waals surface area contributed by atoms with Crippen molar-refractivity contribution in [2.75, 3.05) is 13.7 Å². The van der Waals surface area contributed by atoms with E-state index in [-0.39, 0.29) is 24.0 Å². The van der Waals surface area contributed by atoms with Gasteiger partial charge in [0.25, 0.3) is 0 Å². The Kier molecular flexibility index (Phi) is 5.79. The number of rotatable bonds is 4. The molecule has 3 aliphatic carbocycles. The van der Waals surface area contributed by atoms with Crippen LogP contribution in [0.5, 0.6) is 0 Å². The van der Waals surface area contributed by atoms with Crippen LogP contribution in [0.25, 0.3) is 0 Å². The lowest BCUT2D eigenvalue weighted by Crippen LogP contribution is -2.59. The first-order valence-corrected chi connectivity index (χ1v) is 8.35. The largest absolute Gasteiger partial charge is 0.378 e. The van der Waals surface area contributed by atoms with Crippen molar-refractivity contribution in [2.45, 2.75) is 76.5 Å². The minimum absolute atomic E-state index is 0. The van der Waals surface area contributed by atoms with Gasteiger partial charge in [-0.15, -0.1) is 24.0 Å². The summed E-state index contributed by atoms with van der Waals surface area (Å²) in [6.45, 7) is 2.92. The van der Waals surface area contributed by atoms with E-state index in [1.165, 1.54) is 44.9 Å². The number of guanidine groups is 1. The van der Waals surface area contributed by atoms with E-state index in [0.717, 1.165) is 19.0 Å². The Bertz CT molecular complexity index is 378. The fourth-order valence-corrected chi connectivity index (χ4v) is 4.11. The molecule has 0 bridgehead atoms. The zero-order valence-corrected chi connectivity index (χ0v) is 15.7. The molecule has 2 N–H and O–H groups in total. The average molecular weight is 407 g/mol. The van der Waals surface area contributed by atoms with E-state index in [1.807, 2.05) is 0 Å². The number of halogens is 1. The molecule has 0 saturated heterocycles. The molecule has 4 nitrogen and oxygen atoms in total. The van der Waals surface area contributed by atoms with Crippen LogP contribution in [0.3, 0.4) is 0 Å². The summed E-state index contributed by atoms with van der Waals surface area (Å²) >= 11 is 0. The van der Waals surface area contributed by atoms with Crippen LogP contribution in [-0.4, -0.2) is 42.7 Å². The monoisotopic (exact) mass is 407 g/mol. The van der Waals surface area contributed by atoms with Crippen molar-refractivity contribution in [3.63, 3.8) is 0 Å². The standard InChI is InChI=1S/C16H29N3O.HI/c1-3-20-14-11-13(16(14)9-5-4-6-10-16)18-15(17)19(2)12-7-8-12;/h12-14H,3-11H2,1-2H3,(H2,17,18);1H. The summed E-state index contributed by atoms with van der Waals surface area (Å²) in [5, 5.41) is 0. The van der Waals surface area contributed by atoms with Crippen molar-refractivity contribution in [3.05, 3.63) is 0 Å². The van der Waals surface area contributed by atoms with Crippen molar-refractivity contribution in [2.24, 2.45) is 16.1 Å². The van der Waals surface area contributed by atoms with E-state index in [9.17, 15) is 0 Å². The molecule has 2 unspecified atom stereocenters. The Morgan fingerprint density at radius 1 is 1.29 bits per heavy atom. The zero-order chi connectivity index (χ0) is 14.2. The van der Waals surface area contributed by atoms with E-state index in [4.69, 9.17) is 15.5 Å². The van der Waals surface area contributed by atoms with Crippen molar-refractivity contribution in [3.8, 4) is 0 Å². The number of aliphatic imine (C=N–C) groups is 1. The first-order chi connectivity index (χ1) is 9.67. The van der Waals surface area contributed by atoms with Gasteiger partial charge in [-0.05, 0) is 39.0 Å². The minimum Gasteiger partial charge on any atom is -0.378 e. The summed E-state index contributed by atoms with van der Waals surface area (Å²) in [6, 6.07) is 1.03. The summed E-state index contributed by atoms with van der Waals surface area (Å²) in [5.74, 6) is 0.748. The normalized spacial score (nSPS) is 31.4. The van der Waals surface area contributed by atoms with Crippen LogP contribution in [0.2, 0.25) is 0 Å². The zero-order valence-electron chi connectivity index (χ0n) is 13.4. The number of nitrogens with two attached hydrogens (primary N) is 1. The van der Waals surface area contributed by atoms with Crippen LogP contribution in [0.1, 0.15) is 58.3 Å². The average Bonchev–Trinajstić information content (AvgIpc) is 3.30. The third-order valence-electron chi connectivity index (χ3n) is 5.64. The Labute approximate surface area is 145 Å². The van der Waals surface area contributed by atoms with Gasteiger partial charge in [-0.25, -0.2) is 4.99 Å². The van der Waals surface area contributed by atoms with Crippen LogP contribution in [-0.2, 0) is 4.74 Å². The summed E-state index contributed by atoms with van der Waals surface area (Å²) < 4.78 is 5.98. The van der Waals surface area contributed by atoms with Gasteiger partial charge in [-0.3, -0.25) is 0 Å². The third kappa shape index (κ3) is 3.33. The second kappa shape index (κ2) is 7.02. The molecule has 0 aromatic rings. The topological polar surface area (TPSA) is 50.9 Å². The number of ether oxygens (including phenoxy) is 1. The van der Waals surface area contributed by atoms with Gasteiger partial charge < -0.3 is 15.4 Å². The highest BCUT2D eigenvalue weighted by Crippen LogP contribution is 2.54. The van der Waals surface area contributed by atoms with E-state index in [2.05, 4.69) is 18.9 Å². The van der Waals surface area contributed by atoms with E-state index in [1.54, 1.807) is 0 Å². The summed E-state index contributed by atoms with van der Waals surface area (Å²) in [6.07, 6.45) is 10.6. The van der Waals surface area contributed by atoms with Crippen molar-refractivity contribution in [1.82, 2.24) is 4.90 Å². The molecule has 0 amide bonds. The number of nitrogens with zero attached hydrogens (tertiary/aromatic N) is 2. The van der Waals surface area contributed by atoms with Crippen LogP contribution < -0.4 is 5.73 Å². The maximum Gasteiger partial charge on any atom is 0.191 e. The summed E-state index contributed by atoms with van der Waals surface area (Å²) in [7, 11) is 2.09. The molecule has 0 heterocycles. The quantitative estimate of drug-likeness (QED) is 0.443. The van der Waals surface area contributed by atoms with Crippen LogP contribution in [0.4, 0.5) is 0 Å². The Morgan fingerprint density at radius 3 is 2.52 bits per heavy atom. The van der Waals surface area contributed by atoms with Crippen molar-refractivity contribution < 1.29 is 4.74 Å². The number of hydrogen-bond donors (Lipinski definition) is 1. The second-order valence-corrected chi connectivity index (χ2v) is 6.82. The first kappa shape index (κ1) is 17.3. The van der Waals surface area contributed by atoms with Gasteiger partial charge in [0.2, 0.25) is 0 Å². The molecule has 0 aliphatic heterocycles. The summed E-state index contributed by atoms with van der Waals surface area (Å²) in [4.78, 5) is 7.06. The summed E-state index contributed by atoms with van der Waals surface area (Å²) in [5.41, 5.74) is 6.51. The Balaban J connectivity index is 0.00000161. The molecule has 0 aromatic carbocycles. The molecule has 21 heavy (non-hydrogen) atoms. The predicted octanol–water partition coefficient (Wildman–Crippen LogP) is 3.14. The highest BCUT2D eigenvalue weighted by atomic mass is 127. The molecule has 122 valence electrons. The molecular weight excluding hydrogens is 377 g/mol. The van der Waals surface area contributed by atoms with Crippen molar-refractivity contribution in [1.29, 1.82) is 0 Å². The minimum atomic E-state index is 0. The lowest BCUT2D eigenvalue weighted by Gasteiger charge is -2.56. The molecule has 3 rings (SSSR count). The fraction of sp³-hybridized carbons (Fsp3) is 0.938. The highest BCUT2D eigenvalue weighted by Gasteiger charge is 2.56. The lowest BCUT2D eigenvalue weighted by molar-refractivity contribution is -0.139. The van der Waals surface area contributed by atoms with Crippen molar-refractivity contribution >= 4 is 29.9 Å². The molecule has 2 atom stereocenters. The number of hydrogen-bond acceptors (Lipinski definition) is 2. The van der Waals surface area contributed by atoms with E-state index >= 15 is 0 Å². The van der Waals surface area contributed by atoms with Crippen LogP contribution >= 0.6 is 24.0 Å². The van der Waals surface area contributed by atoms with Gasteiger partial charge in [0.15, 0.2) is 5.96 Å². The third-order valence-corrected chi connectivity index (χ3v) is 5.64.